The molecule has 0 aliphatic rings. The summed E-state index contributed by atoms with van der Waals surface area (Å²) in [5.41, 5.74) is 8.98. The molecule has 1 aromatic carbocycles. The molecule has 2 aromatic heterocycles. The first-order valence-electron chi connectivity index (χ1n) is 7.55. The minimum absolute atomic E-state index is 0.772. The van der Waals surface area contributed by atoms with E-state index in [1.165, 1.54) is 24.1 Å². The largest absolute Gasteiger partial charge is 0.397 e. The van der Waals surface area contributed by atoms with E-state index in [0.29, 0.717) is 0 Å². The number of hydrogen-bond acceptors (Lipinski definition) is 3. The number of hydrogen-bond donors (Lipinski definition) is 1. The maximum Gasteiger partial charge on any atom is 0.115 e. The molecule has 0 atom stereocenters. The molecule has 0 aliphatic heterocycles. The second kappa shape index (κ2) is 6.31. The van der Waals surface area contributed by atoms with Crippen LogP contribution in [0.25, 0.3) is 11.0 Å². The van der Waals surface area contributed by atoms with Gasteiger partial charge in [0.1, 0.15) is 11.3 Å². The third-order valence-electron chi connectivity index (χ3n) is 3.79. The normalized spacial score (nSPS) is 11.3. The van der Waals surface area contributed by atoms with E-state index >= 15 is 0 Å². The van der Waals surface area contributed by atoms with Gasteiger partial charge in [-0.2, -0.15) is 0 Å². The van der Waals surface area contributed by atoms with Gasteiger partial charge < -0.3 is 10.3 Å². The summed E-state index contributed by atoms with van der Waals surface area (Å²) in [6.07, 6.45) is 4.56. The van der Waals surface area contributed by atoms with Crippen LogP contribution in [0.2, 0.25) is 0 Å². The van der Waals surface area contributed by atoms with Gasteiger partial charge in [-0.1, -0.05) is 31.9 Å². The third-order valence-corrected chi connectivity index (χ3v) is 4.66. The molecular formula is C17H21N3S. The molecule has 3 nitrogen and oxygen atoms in total. The topological polar surface area (TPSA) is 43.8 Å². The van der Waals surface area contributed by atoms with E-state index in [9.17, 15) is 0 Å². The van der Waals surface area contributed by atoms with Gasteiger partial charge in [0.05, 0.1) is 11.2 Å². The van der Waals surface area contributed by atoms with Crippen LogP contribution in [0.3, 0.4) is 0 Å². The fourth-order valence-corrected chi connectivity index (χ4v) is 3.39. The molecule has 0 radical (unpaired) electrons. The van der Waals surface area contributed by atoms with Crippen LogP contribution in [-0.2, 0) is 13.0 Å². The molecule has 21 heavy (non-hydrogen) atoms. The van der Waals surface area contributed by atoms with Gasteiger partial charge in [-0.05, 0) is 30.0 Å². The number of aromatic nitrogens is 2. The Morgan fingerprint density at radius 1 is 1.19 bits per heavy atom. The van der Waals surface area contributed by atoms with Crippen molar-refractivity contribution < 1.29 is 0 Å². The molecule has 4 heteroatoms. The molecule has 0 amide bonds. The van der Waals surface area contributed by atoms with Crippen LogP contribution in [0, 0.1) is 0 Å². The number of fused-ring (bicyclic) bond motifs is 1. The molecule has 0 unspecified atom stereocenters. The fraction of sp³-hybridized carbons (Fsp3) is 0.353. The molecule has 2 heterocycles. The van der Waals surface area contributed by atoms with Gasteiger partial charge in [-0.25, -0.2) is 4.98 Å². The number of anilines is 1. The summed E-state index contributed by atoms with van der Waals surface area (Å²) in [7, 11) is 0. The number of benzene rings is 1. The van der Waals surface area contributed by atoms with Crippen LogP contribution in [0.15, 0.2) is 35.7 Å². The number of unbranched alkanes of at least 4 members (excludes halogenated alkanes) is 2. The number of aryl methyl sites for hydroxylation is 1. The van der Waals surface area contributed by atoms with Crippen LogP contribution >= 0.6 is 11.3 Å². The van der Waals surface area contributed by atoms with Crippen LogP contribution in [-0.4, -0.2) is 9.55 Å². The van der Waals surface area contributed by atoms with E-state index in [2.05, 4.69) is 35.1 Å². The van der Waals surface area contributed by atoms with Crippen molar-refractivity contribution in [1.82, 2.24) is 9.55 Å². The van der Waals surface area contributed by atoms with Crippen molar-refractivity contribution in [1.29, 1.82) is 0 Å². The standard InChI is InChI=1S/C17H21N3S/c1-2-3-4-10-20-15-9-5-8-14(18)17(15)19-16(20)12-13-7-6-11-21-13/h5-9,11H,2-4,10,12,18H2,1H3. The molecule has 0 bridgehead atoms. The maximum absolute atomic E-state index is 6.09. The Balaban J connectivity index is 1.99. The van der Waals surface area contributed by atoms with Crippen molar-refractivity contribution in [2.45, 2.75) is 39.2 Å². The number of nitrogens with zero attached hydrogens (tertiary/aromatic N) is 2. The molecule has 3 rings (SSSR count). The van der Waals surface area contributed by atoms with Crippen LogP contribution in [0.5, 0.6) is 0 Å². The zero-order valence-electron chi connectivity index (χ0n) is 12.4. The van der Waals surface area contributed by atoms with Gasteiger partial charge in [0.2, 0.25) is 0 Å². The van der Waals surface area contributed by atoms with Gasteiger partial charge in [-0.3, -0.25) is 0 Å². The van der Waals surface area contributed by atoms with Crippen LogP contribution < -0.4 is 5.73 Å². The van der Waals surface area contributed by atoms with Crippen molar-refractivity contribution in [3.8, 4) is 0 Å². The maximum atomic E-state index is 6.09. The molecule has 0 fully saturated rings. The first-order chi connectivity index (χ1) is 10.3. The highest BCUT2D eigenvalue weighted by molar-refractivity contribution is 7.09. The number of rotatable bonds is 6. The van der Waals surface area contributed by atoms with E-state index in [-0.39, 0.29) is 0 Å². The molecule has 3 aromatic rings. The Morgan fingerprint density at radius 2 is 2.10 bits per heavy atom. The van der Waals surface area contributed by atoms with Gasteiger partial charge >= 0.3 is 0 Å². The summed E-state index contributed by atoms with van der Waals surface area (Å²) in [5, 5.41) is 2.12. The summed E-state index contributed by atoms with van der Waals surface area (Å²) in [5.74, 6) is 1.13. The molecular weight excluding hydrogens is 278 g/mol. The number of thiophene rings is 1. The quantitative estimate of drug-likeness (QED) is 0.539. The minimum atomic E-state index is 0.772. The highest BCUT2D eigenvalue weighted by Gasteiger charge is 2.13. The average Bonchev–Trinajstić information content (AvgIpc) is 3.10. The summed E-state index contributed by atoms with van der Waals surface area (Å²) in [6.45, 7) is 3.26. The lowest BCUT2D eigenvalue weighted by Crippen LogP contribution is -2.04. The van der Waals surface area contributed by atoms with Gasteiger partial charge in [0.25, 0.3) is 0 Å². The Kier molecular flexibility index (Phi) is 4.25. The fourth-order valence-electron chi connectivity index (χ4n) is 2.69. The van der Waals surface area contributed by atoms with Gasteiger partial charge in [0.15, 0.2) is 0 Å². The Labute approximate surface area is 129 Å². The van der Waals surface area contributed by atoms with Crippen molar-refractivity contribution >= 4 is 28.1 Å². The summed E-state index contributed by atoms with van der Waals surface area (Å²) in [4.78, 5) is 6.16. The highest BCUT2D eigenvalue weighted by atomic mass is 32.1. The zero-order chi connectivity index (χ0) is 14.7. The molecule has 0 spiro atoms. The summed E-state index contributed by atoms with van der Waals surface area (Å²) >= 11 is 1.78. The Morgan fingerprint density at radius 3 is 2.86 bits per heavy atom. The van der Waals surface area contributed by atoms with E-state index < -0.39 is 0 Å². The monoisotopic (exact) mass is 299 g/mol. The molecule has 0 aliphatic carbocycles. The minimum Gasteiger partial charge on any atom is -0.397 e. The predicted molar refractivity (Wildman–Crippen MR) is 90.8 cm³/mol. The second-order valence-electron chi connectivity index (χ2n) is 5.36. The van der Waals surface area contributed by atoms with Gasteiger partial charge in [-0.15, -0.1) is 11.3 Å². The molecule has 2 N–H and O–H groups in total. The summed E-state index contributed by atoms with van der Waals surface area (Å²) < 4.78 is 2.35. The van der Waals surface area contributed by atoms with Crippen molar-refractivity contribution in [3.63, 3.8) is 0 Å². The number of para-hydroxylation sites is 1. The Bertz CT molecular complexity index is 713. The van der Waals surface area contributed by atoms with Crippen LogP contribution in [0.4, 0.5) is 5.69 Å². The molecule has 110 valence electrons. The molecule has 0 saturated heterocycles. The van der Waals surface area contributed by atoms with Crippen molar-refractivity contribution in [2.75, 3.05) is 5.73 Å². The van der Waals surface area contributed by atoms with Gasteiger partial charge in [0, 0.05) is 17.8 Å². The third kappa shape index (κ3) is 2.95. The predicted octanol–water partition coefficient (Wildman–Crippen LogP) is 4.46. The first kappa shape index (κ1) is 14.1. The lowest BCUT2D eigenvalue weighted by atomic mass is 10.2. The first-order valence-corrected chi connectivity index (χ1v) is 8.43. The lowest BCUT2D eigenvalue weighted by molar-refractivity contribution is 0.597. The number of imidazole rings is 1. The highest BCUT2D eigenvalue weighted by Crippen LogP contribution is 2.25. The summed E-state index contributed by atoms with van der Waals surface area (Å²) in [6, 6.07) is 10.3. The smallest absolute Gasteiger partial charge is 0.115 e. The number of nitrogen functional groups attached to an aromatic ring is 1. The van der Waals surface area contributed by atoms with E-state index in [1.807, 2.05) is 12.1 Å². The average molecular weight is 299 g/mol. The van der Waals surface area contributed by atoms with E-state index in [1.54, 1.807) is 11.3 Å². The Hall–Kier alpha value is -1.81. The van der Waals surface area contributed by atoms with Crippen LogP contribution in [0.1, 0.15) is 36.9 Å². The van der Waals surface area contributed by atoms with Crippen molar-refractivity contribution in [3.05, 3.63) is 46.4 Å². The lowest BCUT2D eigenvalue weighted by Gasteiger charge is -2.08. The second-order valence-corrected chi connectivity index (χ2v) is 6.39. The SMILES string of the molecule is CCCCCn1c(Cc2cccs2)nc2c(N)cccc21. The van der Waals surface area contributed by atoms with E-state index in [4.69, 9.17) is 10.7 Å². The van der Waals surface area contributed by atoms with Crippen molar-refractivity contribution in [2.24, 2.45) is 0 Å². The number of nitrogens with two attached hydrogens (primary N) is 1. The zero-order valence-corrected chi connectivity index (χ0v) is 13.2. The van der Waals surface area contributed by atoms with E-state index in [0.717, 1.165) is 35.5 Å². The molecule has 0 saturated carbocycles.